The Hall–Kier alpha value is -1.09. The maximum absolute atomic E-state index is 9.60. The Morgan fingerprint density at radius 2 is 2.08 bits per heavy atom. The number of hydrogen-bond donors (Lipinski definition) is 3. The van der Waals surface area contributed by atoms with E-state index in [-0.39, 0.29) is 30.1 Å². The summed E-state index contributed by atoms with van der Waals surface area (Å²) in [5.41, 5.74) is 0.977. The molecule has 1 saturated carbocycles. The Kier molecular flexibility index (Phi) is 10.0. The molecular formula is C17H29IN4O2. The van der Waals surface area contributed by atoms with E-state index in [0.29, 0.717) is 25.1 Å². The Balaban J connectivity index is 0.00000288. The number of halogens is 1. The van der Waals surface area contributed by atoms with Crippen LogP contribution in [0.4, 0.5) is 0 Å². The van der Waals surface area contributed by atoms with Crippen LogP contribution in [0.5, 0.6) is 5.88 Å². The largest absolute Gasteiger partial charge is 0.478 e. The van der Waals surface area contributed by atoms with Gasteiger partial charge in [-0.2, -0.15) is 0 Å². The molecule has 0 radical (unpaired) electrons. The van der Waals surface area contributed by atoms with Crippen LogP contribution in [0.25, 0.3) is 0 Å². The molecule has 2 rings (SSSR count). The van der Waals surface area contributed by atoms with Gasteiger partial charge in [0.25, 0.3) is 0 Å². The second kappa shape index (κ2) is 11.5. The Morgan fingerprint density at radius 3 is 2.75 bits per heavy atom. The quantitative estimate of drug-likeness (QED) is 0.354. The molecule has 3 N–H and O–H groups in total. The minimum absolute atomic E-state index is 0. The van der Waals surface area contributed by atoms with Crippen LogP contribution in [0, 0.1) is 0 Å². The smallest absolute Gasteiger partial charge is 0.218 e. The number of rotatable bonds is 6. The number of aliphatic hydroxyl groups is 1. The Bertz CT molecular complexity index is 505. The zero-order valence-corrected chi connectivity index (χ0v) is 16.8. The number of nitrogens with zero attached hydrogens (tertiary/aromatic N) is 2. The zero-order chi connectivity index (χ0) is 16.5. The molecule has 0 aliphatic heterocycles. The lowest BCUT2D eigenvalue weighted by Crippen LogP contribution is -2.45. The van der Waals surface area contributed by atoms with E-state index in [1.54, 1.807) is 6.20 Å². The summed E-state index contributed by atoms with van der Waals surface area (Å²) in [4.78, 5) is 8.91. The molecule has 7 heteroatoms. The van der Waals surface area contributed by atoms with Crippen molar-refractivity contribution in [3.63, 3.8) is 0 Å². The highest BCUT2D eigenvalue weighted by Crippen LogP contribution is 2.18. The van der Waals surface area contributed by atoms with Crippen LogP contribution in [0.1, 0.15) is 45.1 Å². The summed E-state index contributed by atoms with van der Waals surface area (Å²) in [5, 5.41) is 16.3. The van der Waals surface area contributed by atoms with Gasteiger partial charge >= 0.3 is 0 Å². The van der Waals surface area contributed by atoms with E-state index in [4.69, 9.17) is 4.74 Å². The average Bonchev–Trinajstić information content (AvgIpc) is 2.56. The minimum Gasteiger partial charge on any atom is -0.478 e. The molecule has 0 atom stereocenters. The molecule has 1 fully saturated rings. The molecule has 0 amide bonds. The van der Waals surface area contributed by atoms with Crippen LogP contribution in [-0.2, 0) is 6.54 Å². The van der Waals surface area contributed by atoms with E-state index in [2.05, 4.69) is 27.5 Å². The van der Waals surface area contributed by atoms with E-state index < -0.39 is 0 Å². The maximum atomic E-state index is 9.60. The van der Waals surface area contributed by atoms with E-state index in [1.165, 1.54) is 0 Å². The van der Waals surface area contributed by atoms with Crippen molar-refractivity contribution in [1.82, 2.24) is 15.6 Å². The third kappa shape index (κ3) is 6.80. The van der Waals surface area contributed by atoms with Crippen LogP contribution >= 0.6 is 24.0 Å². The van der Waals surface area contributed by atoms with Crippen molar-refractivity contribution in [2.75, 3.05) is 13.2 Å². The fraction of sp³-hybridized carbons (Fsp3) is 0.647. The van der Waals surface area contributed by atoms with Gasteiger partial charge in [-0.1, -0.05) is 6.07 Å². The van der Waals surface area contributed by atoms with Crippen molar-refractivity contribution >= 4 is 29.9 Å². The highest BCUT2D eigenvalue weighted by Gasteiger charge is 2.20. The number of guanidine groups is 1. The van der Waals surface area contributed by atoms with Crippen LogP contribution in [0.3, 0.4) is 0 Å². The van der Waals surface area contributed by atoms with E-state index in [9.17, 15) is 5.11 Å². The highest BCUT2D eigenvalue weighted by molar-refractivity contribution is 14.0. The summed E-state index contributed by atoms with van der Waals surface area (Å²) in [7, 11) is 0. The average molecular weight is 448 g/mol. The van der Waals surface area contributed by atoms with Crippen molar-refractivity contribution in [3.05, 3.63) is 23.9 Å². The summed E-state index contributed by atoms with van der Waals surface area (Å²) in [6.07, 6.45) is 5.25. The van der Waals surface area contributed by atoms with E-state index >= 15 is 0 Å². The molecular weight excluding hydrogens is 419 g/mol. The fourth-order valence-corrected chi connectivity index (χ4v) is 2.71. The van der Waals surface area contributed by atoms with Gasteiger partial charge in [-0.25, -0.2) is 9.98 Å². The summed E-state index contributed by atoms with van der Waals surface area (Å²) in [6, 6.07) is 4.26. The molecule has 24 heavy (non-hydrogen) atoms. The lowest BCUT2D eigenvalue weighted by atomic mass is 9.93. The number of aromatic nitrogens is 1. The lowest BCUT2D eigenvalue weighted by molar-refractivity contribution is 0.120. The van der Waals surface area contributed by atoms with Crippen LogP contribution in [0.2, 0.25) is 0 Å². The van der Waals surface area contributed by atoms with E-state index in [1.807, 2.05) is 19.1 Å². The van der Waals surface area contributed by atoms with Crippen LogP contribution < -0.4 is 15.4 Å². The predicted molar refractivity (Wildman–Crippen MR) is 107 cm³/mol. The van der Waals surface area contributed by atoms with Crippen molar-refractivity contribution in [1.29, 1.82) is 0 Å². The van der Waals surface area contributed by atoms with Gasteiger partial charge in [-0.3, -0.25) is 0 Å². The molecule has 0 spiro atoms. The number of aliphatic imine (C=N–C) groups is 1. The Labute approximate surface area is 161 Å². The maximum Gasteiger partial charge on any atom is 0.218 e. The van der Waals surface area contributed by atoms with Gasteiger partial charge in [-0.05, 0) is 45.6 Å². The first-order valence-electron chi connectivity index (χ1n) is 8.52. The molecule has 0 aromatic carbocycles. The second-order valence-electron chi connectivity index (χ2n) is 5.75. The fourth-order valence-electron chi connectivity index (χ4n) is 2.71. The molecule has 1 aromatic heterocycles. The van der Waals surface area contributed by atoms with Gasteiger partial charge in [0.1, 0.15) is 0 Å². The van der Waals surface area contributed by atoms with Crippen molar-refractivity contribution in [2.24, 2.45) is 4.99 Å². The second-order valence-corrected chi connectivity index (χ2v) is 5.75. The van der Waals surface area contributed by atoms with Gasteiger partial charge in [0, 0.05) is 24.3 Å². The summed E-state index contributed by atoms with van der Waals surface area (Å²) >= 11 is 0. The lowest BCUT2D eigenvalue weighted by Gasteiger charge is -2.27. The van der Waals surface area contributed by atoms with Crippen molar-refractivity contribution in [2.45, 2.75) is 58.2 Å². The molecule has 0 bridgehead atoms. The zero-order valence-electron chi connectivity index (χ0n) is 14.5. The first-order chi connectivity index (χ1) is 11.2. The highest BCUT2D eigenvalue weighted by atomic mass is 127. The van der Waals surface area contributed by atoms with Crippen LogP contribution in [0.15, 0.2) is 23.3 Å². The summed E-state index contributed by atoms with van der Waals surface area (Å²) in [6.45, 7) is 5.93. The molecule has 0 unspecified atom stereocenters. The molecule has 136 valence electrons. The summed E-state index contributed by atoms with van der Waals surface area (Å²) in [5.74, 6) is 1.45. The topological polar surface area (TPSA) is 78.8 Å². The third-order valence-electron chi connectivity index (χ3n) is 3.92. The summed E-state index contributed by atoms with van der Waals surface area (Å²) < 4.78 is 5.54. The third-order valence-corrected chi connectivity index (χ3v) is 3.92. The predicted octanol–water partition coefficient (Wildman–Crippen LogP) is 2.46. The number of ether oxygens (including phenoxy) is 1. The first kappa shape index (κ1) is 21.0. The van der Waals surface area contributed by atoms with Gasteiger partial charge in [0.15, 0.2) is 5.96 Å². The molecule has 1 aliphatic rings. The molecule has 1 aromatic rings. The minimum atomic E-state index is -0.142. The van der Waals surface area contributed by atoms with Crippen molar-refractivity contribution in [3.8, 4) is 5.88 Å². The molecule has 6 nitrogen and oxygen atoms in total. The number of pyridine rings is 1. The monoisotopic (exact) mass is 448 g/mol. The number of nitrogens with one attached hydrogen (secondary N) is 2. The standard InChI is InChI=1S/C17H28N4O2.HI/c1-3-18-17(21-14-7-9-15(22)10-8-14)20-12-13-6-5-11-19-16(13)23-4-2;/h5-6,11,14-15,22H,3-4,7-10,12H2,1-2H3,(H2,18,20,21);1H. The van der Waals surface area contributed by atoms with Gasteiger partial charge in [0.05, 0.1) is 19.3 Å². The first-order valence-corrected chi connectivity index (χ1v) is 8.52. The Morgan fingerprint density at radius 1 is 1.33 bits per heavy atom. The van der Waals surface area contributed by atoms with Crippen molar-refractivity contribution < 1.29 is 9.84 Å². The van der Waals surface area contributed by atoms with Gasteiger partial charge < -0.3 is 20.5 Å². The van der Waals surface area contributed by atoms with Gasteiger partial charge in [-0.15, -0.1) is 24.0 Å². The number of hydrogen-bond acceptors (Lipinski definition) is 4. The number of aliphatic hydroxyl groups excluding tert-OH is 1. The molecule has 0 saturated heterocycles. The molecule has 1 heterocycles. The SMILES string of the molecule is CCNC(=NCc1cccnc1OCC)NC1CCC(O)CC1.I. The normalized spacial score (nSPS) is 20.9. The van der Waals surface area contributed by atoms with Crippen LogP contribution in [-0.4, -0.2) is 41.3 Å². The van der Waals surface area contributed by atoms with E-state index in [0.717, 1.165) is 43.8 Å². The molecule has 1 aliphatic carbocycles. The van der Waals surface area contributed by atoms with Gasteiger partial charge in [0.2, 0.25) is 5.88 Å².